The molecule has 3 aliphatic rings. The summed E-state index contributed by atoms with van der Waals surface area (Å²) in [7, 11) is 0. The van der Waals surface area contributed by atoms with E-state index in [0.29, 0.717) is 23.5 Å². The Morgan fingerprint density at radius 1 is 1.10 bits per heavy atom. The lowest BCUT2D eigenvalue weighted by Crippen LogP contribution is -2.06. The third-order valence-corrected chi connectivity index (χ3v) is 4.72. The smallest absolute Gasteiger partial charge is 0.335 e. The van der Waals surface area contributed by atoms with Crippen LogP contribution in [0.4, 0.5) is 0 Å². The predicted octanol–water partition coefficient (Wildman–Crippen LogP) is 3.28. The molecule has 21 heavy (non-hydrogen) atoms. The molecule has 1 aromatic rings. The number of carboxylic acids is 1. The van der Waals surface area contributed by atoms with Crippen molar-refractivity contribution in [3.8, 4) is 0 Å². The van der Waals surface area contributed by atoms with Crippen LogP contribution in [0.3, 0.4) is 0 Å². The zero-order valence-corrected chi connectivity index (χ0v) is 11.9. The van der Waals surface area contributed by atoms with Crippen molar-refractivity contribution >= 4 is 5.97 Å². The van der Waals surface area contributed by atoms with Crippen LogP contribution in [0.5, 0.6) is 0 Å². The molecule has 2 saturated carbocycles. The quantitative estimate of drug-likeness (QED) is 0.819. The minimum absolute atomic E-state index is 0.280. The van der Waals surface area contributed by atoms with Crippen LogP contribution in [0.15, 0.2) is 54.6 Å². The Morgan fingerprint density at radius 2 is 1.71 bits per heavy atom. The van der Waals surface area contributed by atoms with E-state index in [1.54, 1.807) is 30.3 Å². The monoisotopic (exact) mass is 284 g/mol. The average Bonchev–Trinajstić information content (AvgIpc) is 3.41. The van der Waals surface area contributed by atoms with Gasteiger partial charge < -0.3 is 10.2 Å². The van der Waals surface area contributed by atoms with Gasteiger partial charge in [-0.15, -0.1) is 0 Å². The highest BCUT2D eigenvalue weighted by Crippen LogP contribution is 2.61. The van der Waals surface area contributed by atoms with Crippen molar-refractivity contribution in [2.24, 2.45) is 16.7 Å². The molecule has 0 radical (unpaired) electrons. The van der Waals surface area contributed by atoms with Gasteiger partial charge in [-0.25, -0.2) is 4.79 Å². The number of aliphatic hydroxyl groups is 1. The van der Waals surface area contributed by atoms with Gasteiger partial charge in [0.05, 0.1) is 5.56 Å². The third-order valence-electron chi connectivity index (χ3n) is 4.72. The van der Waals surface area contributed by atoms with Gasteiger partial charge in [-0.1, -0.05) is 42.5 Å². The second kappa shape index (κ2) is 5.15. The molecule has 1 unspecified atom stereocenters. The van der Waals surface area contributed by atoms with E-state index in [0.717, 1.165) is 6.42 Å². The molecule has 0 amide bonds. The number of aliphatic hydroxyl groups excluding tert-OH is 1. The number of aromatic carboxylic acids is 1. The molecule has 2 spiro atoms. The van der Waals surface area contributed by atoms with Gasteiger partial charge in [-0.3, -0.25) is 0 Å². The maximum Gasteiger partial charge on any atom is 0.335 e. The maximum atomic E-state index is 10.2. The summed E-state index contributed by atoms with van der Waals surface area (Å²) in [6.45, 7) is 0.349. The normalized spacial score (nSPS) is 25.3. The van der Waals surface area contributed by atoms with Crippen molar-refractivity contribution in [3.63, 3.8) is 0 Å². The third kappa shape index (κ3) is 2.93. The Bertz CT molecular complexity index is 566. The standard InChI is InChI=1S/C11H14O.C7H6O2/c12-8-9-7-11(9)5-3-10(1-2-10)4-6-11;8-7(9)6-4-2-1-3-5-6/h3-6,9,12H,1-2,7-8H2;1-5H,(H,8,9). The molecular formula is C18H20O3. The van der Waals surface area contributed by atoms with Crippen LogP contribution >= 0.6 is 0 Å². The highest BCUT2D eigenvalue weighted by molar-refractivity contribution is 5.87. The Kier molecular flexibility index (Phi) is 3.46. The van der Waals surface area contributed by atoms with E-state index in [2.05, 4.69) is 24.3 Å². The van der Waals surface area contributed by atoms with Gasteiger partial charge in [-0.05, 0) is 37.3 Å². The van der Waals surface area contributed by atoms with E-state index in [4.69, 9.17) is 10.2 Å². The number of carbonyl (C=O) groups is 1. The zero-order valence-electron chi connectivity index (χ0n) is 11.9. The van der Waals surface area contributed by atoms with Crippen molar-refractivity contribution in [1.29, 1.82) is 0 Å². The highest BCUT2D eigenvalue weighted by Gasteiger charge is 2.53. The molecule has 0 aliphatic heterocycles. The predicted molar refractivity (Wildman–Crippen MR) is 81.0 cm³/mol. The van der Waals surface area contributed by atoms with Gasteiger partial charge in [0, 0.05) is 17.4 Å². The summed E-state index contributed by atoms with van der Waals surface area (Å²) in [6, 6.07) is 8.30. The second-order valence-corrected chi connectivity index (χ2v) is 6.27. The van der Waals surface area contributed by atoms with Gasteiger partial charge in [0.2, 0.25) is 0 Å². The summed E-state index contributed by atoms with van der Waals surface area (Å²) in [5, 5.41) is 17.4. The minimum atomic E-state index is -0.879. The van der Waals surface area contributed by atoms with Crippen LogP contribution in [-0.4, -0.2) is 22.8 Å². The number of rotatable bonds is 2. The van der Waals surface area contributed by atoms with Gasteiger partial charge in [0.15, 0.2) is 0 Å². The summed E-state index contributed by atoms with van der Waals surface area (Å²) in [5.74, 6) is -0.364. The lowest BCUT2D eigenvalue weighted by molar-refractivity contribution is 0.0697. The molecule has 2 N–H and O–H groups in total. The topological polar surface area (TPSA) is 57.5 Å². The largest absolute Gasteiger partial charge is 0.478 e. The van der Waals surface area contributed by atoms with E-state index in [-0.39, 0.29) is 5.41 Å². The van der Waals surface area contributed by atoms with Gasteiger partial charge in [0.1, 0.15) is 0 Å². The average molecular weight is 284 g/mol. The number of carboxylic acid groups (broad SMARTS) is 1. The fourth-order valence-corrected chi connectivity index (χ4v) is 2.82. The first kappa shape index (κ1) is 14.1. The van der Waals surface area contributed by atoms with Crippen LogP contribution < -0.4 is 0 Å². The van der Waals surface area contributed by atoms with Crippen LogP contribution in [0.25, 0.3) is 0 Å². The van der Waals surface area contributed by atoms with Crippen molar-refractivity contribution < 1.29 is 15.0 Å². The van der Waals surface area contributed by atoms with Crippen molar-refractivity contribution in [3.05, 3.63) is 60.2 Å². The summed E-state index contributed by atoms with van der Waals surface area (Å²) in [6.07, 6.45) is 13.2. The SMILES string of the molecule is O=C(O)c1ccccc1.OCC1CC12C=CC1(C=C2)CC1. The molecule has 3 nitrogen and oxygen atoms in total. The summed E-state index contributed by atoms with van der Waals surface area (Å²) in [5.41, 5.74) is 1.08. The second-order valence-electron chi connectivity index (χ2n) is 6.27. The van der Waals surface area contributed by atoms with Crippen molar-refractivity contribution in [1.82, 2.24) is 0 Å². The summed E-state index contributed by atoms with van der Waals surface area (Å²) < 4.78 is 0. The molecule has 3 heteroatoms. The molecule has 4 rings (SSSR count). The molecule has 110 valence electrons. The Labute approximate surface area is 124 Å². The van der Waals surface area contributed by atoms with Crippen LogP contribution in [0.2, 0.25) is 0 Å². The van der Waals surface area contributed by atoms with Gasteiger partial charge >= 0.3 is 5.97 Å². The summed E-state index contributed by atoms with van der Waals surface area (Å²) >= 11 is 0. The zero-order chi connectivity index (χ0) is 14.9. The van der Waals surface area contributed by atoms with E-state index < -0.39 is 5.97 Å². The highest BCUT2D eigenvalue weighted by atomic mass is 16.4. The Hall–Kier alpha value is -1.87. The molecule has 0 aromatic heterocycles. The van der Waals surface area contributed by atoms with E-state index >= 15 is 0 Å². The molecular weight excluding hydrogens is 264 g/mol. The Morgan fingerprint density at radius 3 is 2.10 bits per heavy atom. The molecule has 0 saturated heterocycles. The first-order valence-corrected chi connectivity index (χ1v) is 7.39. The fourth-order valence-electron chi connectivity index (χ4n) is 2.82. The van der Waals surface area contributed by atoms with E-state index in [1.165, 1.54) is 12.8 Å². The van der Waals surface area contributed by atoms with Crippen molar-refractivity contribution in [2.45, 2.75) is 19.3 Å². The molecule has 3 aliphatic carbocycles. The molecule has 2 fully saturated rings. The van der Waals surface area contributed by atoms with Gasteiger partial charge in [0.25, 0.3) is 0 Å². The summed E-state index contributed by atoms with van der Waals surface area (Å²) in [4.78, 5) is 10.2. The lowest BCUT2D eigenvalue weighted by Gasteiger charge is -2.15. The molecule has 1 atom stereocenters. The number of benzene rings is 1. The van der Waals surface area contributed by atoms with E-state index in [9.17, 15) is 4.79 Å². The molecule has 0 heterocycles. The first-order valence-electron chi connectivity index (χ1n) is 7.39. The molecule has 0 bridgehead atoms. The van der Waals surface area contributed by atoms with Gasteiger partial charge in [-0.2, -0.15) is 0 Å². The molecule has 1 aromatic carbocycles. The van der Waals surface area contributed by atoms with Crippen LogP contribution in [0, 0.1) is 16.7 Å². The van der Waals surface area contributed by atoms with Crippen LogP contribution in [-0.2, 0) is 0 Å². The first-order chi connectivity index (χ1) is 10.1. The number of hydrogen-bond donors (Lipinski definition) is 2. The lowest BCUT2D eigenvalue weighted by atomic mass is 9.90. The Balaban J connectivity index is 0.000000133. The number of allylic oxidation sites excluding steroid dienone is 4. The fraction of sp³-hybridized carbons (Fsp3) is 0.389. The van der Waals surface area contributed by atoms with Crippen LogP contribution in [0.1, 0.15) is 29.6 Å². The van der Waals surface area contributed by atoms with Crippen molar-refractivity contribution in [2.75, 3.05) is 6.61 Å². The minimum Gasteiger partial charge on any atom is -0.478 e. The maximum absolute atomic E-state index is 10.2. The number of hydrogen-bond acceptors (Lipinski definition) is 2. The van der Waals surface area contributed by atoms with E-state index in [1.807, 2.05) is 0 Å².